The van der Waals surface area contributed by atoms with Crippen LogP contribution in [0, 0.1) is 17.8 Å². The molecule has 45 heavy (non-hydrogen) atoms. The Labute approximate surface area is 260 Å². The summed E-state index contributed by atoms with van der Waals surface area (Å²) in [4.78, 5) is 18.0. The third kappa shape index (κ3) is 7.46. The number of anilines is 3. The van der Waals surface area contributed by atoms with Gasteiger partial charge in [0.25, 0.3) is 16.4 Å². The number of alkyl halides is 2. The quantitative estimate of drug-likeness (QED) is 0.259. The van der Waals surface area contributed by atoms with E-state index in [9.17, 15) is 17.2 Å². The second kappa shape index (κ2) is 12.9. The highest BCUT2D eigenvalue weighted by molar-refractivity contribution is 7.90. The van der Waals surface area contributed by atoms with Crippen molar-refractivity contribution in [2.75, 3.05) is 43.9 Å². The number of pyridine rings is 1. The highest BCUT2D eigenvalue weighted by Crippen LogP contribution is 2.31. The van der Waals surface area contributed by atoms with Gasteiger partial charge in [0.2, 0.25) is 0 Å². The van der Waals surface area contributed by atoms with Gasteiger partial charge in [-0.1, -0.05) is 11.8 Å². The zero-order valence-electron chi connectivity index (χ0n) is 25.0. The summed E-state index contributed by atoms with van der Waals surface area (Å²) in [6.07, 6.45) is 10.0. The van der Waals surface area contributed by atoms with Gasteiger partial charge in [-0.25, -0.2) is 32.2 Å². The molecule has 4 aromatic heterocycles. The largest absolute Gasteiger partial charge is 0.370 e. The van der Waals surface area contributed by atoms with Gasteiger partial charge in [0.05, 0.1) is 46.2 Å². The van der Waals surface area contributed by atoms with Crippen molar-refractivity contribution in [1.29, 1.82) is 0 Å². The first-order valence-electron chi connectivity index (χ1n) is 14.8. The van der Waals surface area contributed by atoms with Crippen LogP contribution >= 0.6 is 0 Å². The second-order valence-corrected chi connectivity index (χ2v) is 13.7. The van der Waals surface area contributed by atoms with Crippen LogP contribution in [-0.2, 0) is 16.6 Å². The van der Waals surface area contributed by atoms with Crippen LogP contribution in [0.2, 0.25) is 0 Å². The minimum Gasteiger partial charge on any atom is -0.370 e. The van der Waals surface area contributed by atoms with Crippen molar-refractivity contribution in [3.8, 4) is 23.2 Å². The molecule has 1 saturated carbocycles. The zero-order valence-corrected chi connectivity index (χ0v) is 25.8. The predicted octanol–water partition coefficient (Wildman–Crippen LogP) is 3.46. The lowest BCUT2D eigenvalue weighted by Gasteiger charge is -2.35. The topological polar surface area (TPSA) is 127 Å². The van der Waals surface area contributed by atoms with Gasteiger partial charge in [0.15, 0.2) is 5.82 Å². The molecule has 1 N–H and O–H groups in total. The number of halogens is 2. The summed E-state index contributed by atoms with van der Waals surface area (Å²) in [5, 5.41) is 10.9. The molecular formula is C30H34F2N10O2S. The molecule has 0 radical (unpaired) electrons. The molecule has 0 bridgehead atoms. The maximum Gasteiger partial charge on any atom is 0.257 e. The van der Waals surface area contributed by atoms with Crippen LogP contribution < -0.4 is 10.2 Å². The van der Waals surface area contributed by atoms with E-state index in [2.05, 4.69) is 66.2 Å². The van der Waals surface area contributed by atoms with Crippen LogP contribution in [0.5, 0.6) is 0 Å². The fourth-order valence-electron chi connectivity index (χ4n) is 5.33. The summed E-state index contributed by atoms with van der Waals surface area (Å²) in [5.74, 6) is 8.18. The van der Waals surface area contributed by atoms with Gasteiger partial charge in [-0.15, -0.1) is 0 Å². The molecule has 6 rings (SSSR count). The average Bonchev–Trinajstić information content (AvgIpc) is 3.59. The van der Waals surface area contributed by atoms with Crippen molar-refractivity contribution < 1.29 is 17.2 Å². The van der Waals surface area contributed by atoms with Gasteiger partial charge < -0.3 is 15.1 Å². The molecule has 1 aliphatic carbocycles. The number of aromatic nitrogens is 7. The van der Waals surface area contributed by atoms with E-state index in [4.69, 9.17) is 0 Å². The normalized spacial score (nSPS) is 15.8. The molecule has 4 aromatic rings. The number of nitrogens with zero attached hydrogens (tertiary/aromatic N) is 9. The SMILES string of the molecule is CN(C)CC1CCN(c2cc(Nc3ccnc(-c4cnn(S(=O)(=O)C5CC5)c4)n3)ncc2C#Cc2cnn(CC(F)F)c2)CC1. The number of nitrogens with one attached hydrogen (secondary N) is 1. The lowest BCUT2D eigenvalue weighted by atomic mass is 9.95. The van der Waals surface area contributed by atoms with Crippen molar-refractivity contribution in [3.63, 3.8) is 0 Å². The fraction of sp³-hybridized carbons (Fsp3) is 0.433. The first kappa shape index (κ1) is 30.6. The molecule has 0 aromatic carbocycles. The number of hydrogen-bond acceptors (Lipinski definition) is 10. The second-order valence-electron chi connectivity index (χ2n) is 11.6. The summed E-state index contributed by atoms with van der Waals surface area (Å²) < 4.78 is 52.8. The first-order chi connectivity index (χ1) is 21.6. The Hall–Kier alpha value is -4.42. The van der Waals surface area contributed by atoms with E-state index in [1.807, 2.05) is 6.07 Å². The van der Waals surface area contributed by atoms with Gasteiger partial charge in [-0.3, -0.25) is 4.68 Å². The van der Waals surface area contributed by atoms with Crippen LogP contribution in [0.3, 0.4) is 0 Å². The number of rotatable bonds is 10. The molecule has 0 atom stereocenters. The van der Waals surface area contributed by atoms with Gasteiger partial charge in [0.1, 0.15) is 18.2 Å². The predicted molar refractivity (Wildman–Crippen MR) is 166 cm³/mol. The minimum absolute atomic E-state index is 0.329. The van der Waals surface area contributed by atoms with Crippen LogP contribution in [-0.4, -0.2) is 92.6 Å². The molecule has 2 fully saturated rings. The molecule has 5 heterocycles. The summed E-state index contributed by atoms with van der Waals surface area (Å²) in [6, 6.07) is 3.63. The monoisotopic (exact) mass is 636 g/mol. The Bertz CT molecular complexity index is 1820. The van der Waals surface area contributed by atoms with Crippen molar-refractivity contribution in [2.45, 2.75) is 43.9 Å². The Morgan fingerprint density at radius 2 is 1.82 bits per heavy atom. The lowest BCUT2D eigenvalue weighted by molar-refractivity contribution is 0.122. The van der Waals surface area contributed by atoms with E-state index in [0.717, 1.165) is 42.3 Å². The molecular weight excluding hydrogens is 602 g/mol. The highest BCUT2D eigenvalue weighted by Gasteiger charge is 2.37. The Kier molecular flexibility index (Phi) is 8.77. The van der Waals surface area contributed by atoms with Crippen LogP contribution in [0.15, 0.2) is 49.3 Å². The third-order valence-electron chi connectivity index (χ3n) is 7.70. The molecule has 0 spiro atoms. The summed E-state index contributed by atoms with van der Waals surface area (Å²) in [7, 11) is 0.681. The molecule has 2 aliphatic rings. The molecule has 0 amide bonds. The van der Waals surface area contributed by atoms with Crippen molar-refractivity contribution in [3.05, 3.63) is 60.4 Å². The van der Waals surface area contributed by atoms with Crippen LogP contribution in [0.25, 0.3) is 11.4 Å². The molecule has 1 aliphatic heterocycles. The van der Waals surface area contributed by atoms with E-state index in [0.29, 0.717) is 52.9 Å². The Balaban J connectivity index is 1.24. The van der Waals surface area contributed by atoms with Gasteiger partial charge in [-0.2, -0.15) is 14.3 Å². The molecule has 12 nitrogen and oxygen atoms in total. The van der Waals surface area contributed by atoms with Crippen molar-refractivity contribution in [2.24, 2.45) is 5.92 Å². The average molecular weight is 637 g/mol. The molecule has 1 saturated heterocycles. The smallest absolute Gasteiger partial charge is 0.257 e. The fourth-order valence-corrected chi connectivity index (χ4v) is 6.81. The first-order valence-corrected chi connectivity index (χ1v) is 16.3. The molecule has 0 unspecified atom stereocenters. The van der Waals surface area contributed by atoms with E-state index >= 15 is 0 Å². The Morgan fingerprint density at radius 1 is 1.02 bits per heavy atom. The standard InChI is InChI=1S/C30H34F2N10O2S/c1-39(2)17-21-8-11-40(12-9-21)26-13-29(34-15-23(26)4-3-22-14-35-41(18-22)20-27(31)32)37-28-7-10-33-30(38-28)24-16-36-42(19-24)45(43,44)25-5-6-25/h7,10,13-16,18-19,21,25,27H,5-6,8-9,11-12,17,20H2,1-2H3,(H,33,34,37,38). The molecule has 236 valence electrons. The lowest BCUT2D eigenvalue weighted by Crippen LogP contribution is -2.37. The number of piperidine rings is 1. The van der Waals surface area contributed by atoms with Gasteiger partial charge >= 0.3 is 0 Å². The van der Waals surface area contributed by atoms with E-state index in [1.54, 1.807) is 18.5 Å². The maximum atomic E-state index is 12.8. The van der Waals surface area contributed by atoms with Crippen LogP contribution in [0.1, 0.15) is 36.8 Å². The summed E-state index contributed by atoms with van der Waals surface area (Å²) >= 11 is 0. The van der Waals surface area contributed by atoms with Gasteiger partial charge in [-0.05, 0) is 51.8 Å². The van der Waals surface area contributed by atoms with Crippen molar-refractivity contribution in [1.82, 2.24) is 38.8 Å². The summed E-state index contributed by atoms with van der Waals surface area (Å²) in [6.45, 7) is 2.26. The van der Waals surface area contributed by atoms with Crippen LogP contribution in [0.4, 0.5) is 26.1 Å². The molecule has 15 heteroatoms. The highest BCUT2D eigenvalue weighted by atomic mass is 32.2. The van der Waals surface area contributed by atoms with E-state index < -0.39 is 23.0 Å². The summed E-state index contributed by atoms with van der Waals surface area (Å²) in [5.41, 5.74) is 2.64. The van der Waals surface area contributed by atoms with Crippen molar-refractivity contribution >= 4 is 27.3 Å². The Morgan fingerprint density at radius 3 is 2.56 bits per heavy atom. The maximum absolute atomic E-state index is 12.8. The van der Waals surface area contributed by atoms with E-state index in [-0.39, 0.29) is 5.25 Å². The zero-order chi connectivity index (χ0) is 31.6. The third-order valence-corrected chi connectivity index (χ3v) is 9.73. The minimum atomic E-state index is -3.50. The van der Waals surface area contributed by atoms with Gasteiger partial charge in [0, 0.05) is 44.3 Å². The number of hydrogen-bond donors (Lipinski definition) is 1. The van der Waals surface area contributed by atoms with E-state index in [1.165, 1.54) is 29.5 Å².